The minimum atomic E-state index is -0.197. The summed E-state index contributed by atoms with van der Waals surface area (Å²) < 4.78 is 10.5. The van der Waals surface area contributed by atoms with Crippen LogP contribution in [0.3, 0.4) is 0 Å². The first-order valence-corrected chi connectivity index (χ1v) is 7.07. The molecule has 1 aromatic heterocycles. The van der Waals surface area contributed by atoms with E-state index < -0.39 is 0 Å². The van der Waals surface area contributed by atoms with Gasteiger partial charge in [0.15, 0.2) is 5.76 Å². The highest BCUT2D eigenvalue weighted by atomic mass is 16.5. The predicted molar refractivity (Wildman–Crippen MR) is 79.4 cm³/mol. The van der Waals surface area contributed by atoms with Crippen LogP contribution >= 0.6 is 0 Å². The van der Waals surface area contributed by atoms with Crippen LogP contribution in [0, 0.1) is 0 Å². The smallest absolute Gasteiger partial charge is 0.287 e. The zero-order valence-corrected chi connectivity index (χ0v) is 11.7. The van der Waals surface area contributed by atoms with Crippen molar-refractivity contribution in [1.29, 1.82) is 0 Å². The molecule has 1 amide bonds. The number of hydrogen-bond donors (Lipinski definition) is 1. The fraction of sp³-hybridized carbons (Fsp3) is 0.312. The van der Waals surface area contributed by atoms with Crippen molar-refractivity contribution in [2.45, 2.75) is 6.54 Å². The number of amides is 1. The predicted octanol–water partition coefficient (Wildman–Crippen LogP) is 2.05. The Labute approximate surface area is 123 Å². The number of nitrogens with one attached hydrogen (secondary N) is 1. The van der Waals surface area contributed by atoms with Crippen molar-refractivity contribution < 1.29 is 13.9 Å². The number of ether oxygens (including phenoxy) is 1. The molecule has 1 saturated heterocycles. The molecule has 21 heavy (non-hydrogen) atoms. The van der Waals surface area contributed by atoms with Gasteiger partial charge < -0.3 is 19.4 Å². The third kappa shape index (κ3) is 3.25. The third-order valence-electron chi connectivity index (χ3n) is 3.53. The van der Waals surface area contributed by atoms with Gasteiger partial charge in [-0.05, 0) is 23.8 Å². The first kappa shape index (κ1) is 13.7. The number of carbonyl (C=O) groups is 1. The lowest BCUT2D eigenvalue weighted by Crippen LogP contribution is -2.37. The summed E-state index contributed by atoms with van der Waals surface area (Å²) in [7, 11) is 0. The standard InChI is InChI=1S/C16H18N2O3/c19-16(15-6-3-9-21-15)17-12-13-4-1-2-5-14(13)18-7-10-20-11-8-18/h1-6,9H,7-8,10-12H2,(H,17,19). The lowest BCUT2D eigenvalue weighted by atomic mass is 10.1. The highest BCUT2D eigenvalue weighted by Crippen LogP contribution is 2.21. The number of furan rings is 1. The molecule has 1 aliphatic rings. The number of para-hydroxylation sites is 1. The van der Waals surface area contributed by atoms with E-state index in [9.17, 15) is 4.79 Å². The number of anilines is 1. The van der Waals surface area contributed by atoms with Crippen LogP contribution in [0.5, 0.6) is 0 Å². The molecule has 0 saturated carbocycles. The molecule has 0 aliphatic carbocycles. The minimum Gasteiger partial charge on any atom is -0.459 e. The normalized spacial score (nSPS) is 15.0. The number of rotatable bonds is 4. The highest BCUT2D eigenvalue weighted by Gasteiger charge is 2.15. The van der Waals surface area contributed by atoms with Crippen LogP contribution in [0.1, 0.15) is 16.1 Å². The zero-order valence-electron chi connectivity index (χ0n) is 11.7. The third-order valence-corrected chi connectivity index (χ3v) is 3.53. The van der Waals surface area contributed by atoms with Crippen LogP contribution < -0.4 is 10.2 Å². The zero-order chi connectivity index (χ0) is 14.5. The van der Waals surface area contributed by atoms with Crippen molar-refractivity contribution >= 4 is 11.6 Å². The molecule has 0 spiro atoms. The summed E-state index contributed by atoms with van der Waals surface area (Å²) in [5.41, 5.74) is 2.25. The Hall–Kier alpha value is -2.27. The number of morpholine rings is 1. The van der Waals surface area contributed by atoms with Crippen LogP contribution in [0.2, 0.25) is 0 Å². The summed E-state index contributed by atoms with van der Waals surface area (Å²) in [6, 6.07) is 11.5. The van der Waals surface area contributed by atoms with Gasteiger partial charge in [0.1, 0.15) is 0 Å². The van der Waals surface area contributed by atoms with Crippen LogP contribution in [0.15, 0.2) is 47.1 Å². The van der Waals surface area contributed by atoms with Crippen molar-refractivity contribution in [3.63, 3.8) is 0 Å². The minimum absolute atomic E-state index is 0.197. The van der Waals surface area contributed by atoms with Gasteiger partial charge in [0.2, 0.25) is 0 Å². The largest absolute Gasteiger partial charge is 0.459 e. The van der Waals surface area contributed by atoms with Crippen LogP contribution in [-0.2, 0) is 11.3 Å². The lowest BCUT2D eigenvalue weighted by Gasteiger charge is -2.30. The Morgan fingerprint density at radius 2 is 1.95 bits per heavy atom. The average Bonchev–Trinajstić information content (AvgIpc) is 3.08. The van der Waals surface area contributed by atoms with Crippen molar-refractivity contribution in [3.8, 4) is 0 Å². The van der Waals surface area contributed by atoms with E-state index in [2.05, 4.69) is 16.3 Å². The second kappa shape index (κ2) is 6.45. The van der Waals surface area contributed by atoms with Gasteiger partial charge in [0.25, 0.3) is 5.91 Å². The first-order chi connectivity index (χ1) is 10.3. The van der Waals surface area contributed by atoms with Gasteiger partial charge in [0.05, 0.1) is 19.5 Å². The molecule has 0 unspecified atom stereocenters. The maximum atomic E-state index is 11.9. The van der Waals surface area contributed by atoms with E-state index in [0.717, 1.165) is 37.6 Å². The van der Waals surface area contributed by atoms with Crippen LogP contribution in [-0.4, -0.2) is 32.2 Å². The molecule has 1 aliphatic heterocycles. The monoisotopic (exact) mass is 286 g/mol. The van der Waals surface area contributed by atoms with Crippen molar-refractivity contribution in [3.05, 3.63) is 54.0 Å². The van der Waals surface area contributed by atoms with Gasteiger partial charge in [-0.2, -0.15) is 0 Å². The van der Waals surface area contributed by atoms with E-state index in [1.165, 1.54) is 6.26 Å². The van der Waals surface area contributed by atoms with E-state index in [1.54, 1.807) is 12.1 Å². The second-order valence-electron chi connectivity index (χ2n) is 4.89. The second-order valence-corrected chi connectivity index (χ2v) is 4.89. The van der Waals surface area contributed by atoms with Crippen LogP contribution in [0.25, 0.3) is 0 Å². The Morgan fingerprint density at radius 1 is 1.14 bits per heavy atom. The summed E-state index contributed by atoms with van der Waals surface area (Å²) >= 11 is 0. The van der Waals surface area contributed by atoms with E-state index in [0.29, 0.717) is 12.3 Å². The topological polar surface area (TPSA) is 54.7 Å². The average molecular weight is 286 g/mol. The Bertz CT molecular complexity index is 589. The van der Waals surface area contributed by atoms with E-state index in [4.69, 9.17) is 9.15 Å². The molecule has 1 aromatic carbocycles. The summed E-state index contributed by atoms with van der Waals surface area (Å²) in [5.74, 6) is 0.135. The molecule has 110 valence electrons. The Morgan fingerprint density at radius 3 is 2.71 bits per heavy atom. The molecule has 0 radical (unpaired) electrons. The van der Waals surface area contributed by atoms with Gasteiger partial charge in [-0.3, -0.25) is 4.79 Å². The summed E-state index contributed by atoms with van der Waals surface area (Å²) in [5, 5.41) is 2.89. The lowest BCUT2D eigenvalue weighted by molar-refractivity contribution is 0.0923. The number of nitrogens with zero attached hydrogens (tertiary/aromatic N) is 1. The van der Waals surface area contributed by atoms with Gasteiger partial charge in [-0.15, -0.1) is 0 Å². The summed E-state index contributed by atoms with van der Waals surface area (Å²) in [6.07, 6.45) is 1.50. The molecule has 5 nitrogen and oxygen atoms in total. The first-order valence-electron chi connectivity index (χ1n) is 7.07. The van der Waals surface area contributed by atoms with Gasteiger partial charge >= 0.3 is 0 Å². The molecule has 1 N–H and O–H groups in total. The molecule has 3 rings (SSSR count). The summed E-state index contributed by atoms with van der Waals surface area (Å²) in [4.78, 5) is 14.2. The molecular formula is C16H18N2O3. The van der Waals surface area contributed by atoms with Crippen molar-refractivity contribution in [2.75, 3.05) is 31.2 Å². The summed E-state index contributed by atoms with van der Waals surface area (Å²) in [6.45, 7) is 3.72. The molecule has 0 bridgehead atoms. The maximum Gasteiger partial charge on any atom is 0.287 e. The molecule has 1 fully saturated rings. The van der Waals surface area contributed by atoms with E-state index in [1.807, 2.05) is 18.2 Å². The molecule has 2 aromatic rings. The maximum absolute atomic E-state index is 11.9. The Kier molecular flexibility index (Phi) is 4.21. The van der Waals surface area contributed by atoms with Gasteiger partial charge in [0, 0.05) is 25.3 Å². The van der Waals surface area contributed by atoms with E-state index in [-0.39, 0.29) is 5.91 Å². The molecule has 2 heterocycles. The number of benzene rings is 1. The van der Waals surface area contributed by atoms with Crippen molar-refractivity contribution in [2.24, 2.45) is 0 Å². The number of carbonyl (C=O) groups excluding carboxylic acids is 1. The number of hydrogen-bond acceptors (Lipinski definition) is 4. The highest BCUT2D eigenvalue weighted by molar-refractivity contribution is 5.91. The van der Waals surface area contributed by atoms with Gasteiger partial charge in [-0.25, -0.2) is 0 Å². The quantitative estimate of drug-likeness (QED) is 0.934. The molecule has 5 heteroatoms. The molecule has 0 atom stereocenters. The SMILES string of the molecule is O=C(NCc1ccccc1N1CCOCC1)c1ccco1. The van der Waals surface area contributed by atoms with Gasteiger partial charge in [-0.1, -0.05) is 18.2 Å². The fourth-order valence-electron chi connectivity index (χ4n) is 2.44. The fourth-order valence-corrected chi connectivity index (χ4v) is 2.44. The van der Waals surface area contributed by atoms with Crippen LogP contribution in [0.4, 0.5) is 5.69 Å². The molecular weight excluding hydrogens is 268 g/mol. The van der Waals surface area contributed by atoms with E-state index >= 15 is 0 Å². The van der Waals surface area contributed by atoms with Crippen molar-refractivity contribution in [1.82, 2.24) is 5.32 Å². The Balaban J connectivity index is 1.69.